The van der Waals surface area contributed by atoms with Crippen molar-refractivity contribution in [1.82, 2.24) is 0 Å². The lowest BCUT2D eigenvalue weighted by Gasteiger charge is -2.23. The summed E-state index contributed by atoms with van der Waals surface area (Å²) < 4.78 is 0. The summed E-state index contributed by atoms with van der Waals surface area (Å²) in [7, 11) is 0. The maximum atomic E-state index is 11.4. The summed E-state index contributed by atoms with van der Waals surface area (Å²) >= 11 is 0. The van der Waals surface area contributed by atoms with Gasteiger partial charge in [-0.1, -0.05) is 18.2 Å². The van der Waals surface area contributed by atoms with Crippen molar-refractivity contribution >= 4 is 17.3 Å². The molecule has 3 N–H and O–H groups in total. The van der Waals surface area contributed by atoms with Gasteiger partial charge in [0, 0.05) is 11.4 Å². The van der Waals surface area contributed by atoms with E-state index < -0.39 is 11.4 Å². The fraction of sp³-hybridized carbons (Fsp3) is 0.188. The molecule has 0 heterocycles. The van der Waals surface area contributed by atoms with E-state index in [0.717, 1.165) is 11.4 Å². The first-order valence-corrected chi connectivity index (χ1v) is 6.30. The number of nitrogens with one attached hydrogen (secondary N) is 1. The third kappa shape index (κ3) is 2.74. The van der Waals surface area contributed by atoms with Gasteiger partial charge in [-0.15, -0.1) is 0 Å². The normalized spacial score (nSPS) is 11.1. The molecule has 0 unspecified atom stereocenters. The van der Waals surface area contributed by atoms with Crippen LogP contribution in [0.2, 0.25) is 0 Å². The number of aromatic hydroxyl groups is 1. The number of carboxylic acids is 1. The lowest BCUT2D eigenvalue weighted by molar-refractivity contribution is -0.142. The van der Waals surface area contributed by atoms with Crippen molar-refractivity contribution in [2.45, 2.75) is 19.3 Å². The molecule has 2 rings (SSSR count). The number of carboxylic acid groups (broad SMARTS) is 1. The van der Waals surface area contributed by atoms with Gasteiger partial charge in [-0.25, -0.2) is 0 Å². The zero-order valence-corrected chi connectivity index (χ0v) is 11.4. The average Bonchev–Trinajstić information content (AvgIpc) is 2.41. The Morgan fingerprint density at radius 1 is 1.05 bits per heavy atom. The Kier molecular flexibility index (Phi) is 3.66. The zero-order chi connectivity index (χ0) is 14.8. The Balaban J connectivity index is 2.38. The van der Waals surface area contributed by atoms with Crippen molar-refractivity contribution < 1.29 is 15.0 Å². The number of benzene rings is 2. The number of para-hydroxylation sites is 1. The average molecular weight is 271 g/mol. The van der Waals surface area contributed by atoms with Gasteiger partial charge >= 0.3 is 5.97 Å². The number of rotatable bonds is 4. The van der Waals surface area contributed by atoms with Crippen LogP contribution in [-0.4, -0.2) is 16.2 Å². The molecule has 4 heteroatoms. The number of hydrogen-bond acceptors (Lipinski definition) is 3. The van der Waals surface area contributed by atoms with Crippen LogP contribution in [-0.2, 0) is 10.2 Å². The molecule has 104 valence electrons. The van der Waals surface area contributed by atoms with E-state index in [0.29, 0.717) is 5.56 Å². The van der Waals surface area contributed by atoms with Crippen LogP contribution in [0, 0.1) is 0 Å². The van der Waals surface area contributed by atoms with Crippen molar-refractivity contribution in [3.8, 4) is 5.75 Å². The molecule has 0 aliphatic rings. The van der Waals surface area contributed by atoms with Crippen molar-refractivity contribution in [3.63, 3.8) is 0 Å². The second kappa shape index (κ2) is 5.25. The van der Waals surface area contributed by atoms with Crippen LogP contribution < -0.4 is 5.32 Å². The predicted molar refractivity (Wildman–Crippen MR) is 78.5 cm³/mol. The molecule has 0 bridgehead atoms. The molecule has 0 atom stereocenters. The molecule has 0 radical (unpaired) electrons. The second-order valence-electron chi connectivity index (χ2n) is 5.15. The summed E-state index contributed by atoms with van der Waals surface area (Å²) in [5, 5.41) is 21.8. The minimum Gasteiger partial charge on any atom is -0.508 e. The van der Waals surface area contributed by atoms with Crippen LogP contribution in [0.4, 0.5) is 11.4 Å². The fourth-order valence-corrected chi connectivity index (χ4v) is 1.95. The standard InChI is InChI=1S/C16H17NO3/c1-16(2,15(19)20)13-5-3-4-6-14(13)17-11-7-9-12(18)10-8-11/h3-10,17-18H,1-2H3,(H,19,20). The van der Waals surface area contributed by atoms with Gasteiger partial charge in [-0.3, -0.25) is 4.79 Å². The van der Waals surface area contributed by atoms with Gasteiger partial charge in [-0.2, -0.15) is 0 Å². The van der Waals surface area contributed by atoms with E-state index in [1.165, 1.54) is 0 Å². The molecule has 0 saturated heterocycles. The Labute approximate surface area is 117 Å². The quantitative estimate of drug-likeness (QED) is 0.744. The monoisotopic (exact) mass is 271 g/mol. The van der Waals surface area contributed by atoms with E-state index in [1.807, 2.05) is 18.2 Å². The predicted octanol–water partition coefficient (Wildman–Crippen LogP) is 3.50. The Hall–Kier alpha value is -2.49. The SMILES string of the molecule is CC(C)(C(=O)O)c1ccccc1Nc1ccc(O)cc1. The van der Waals surface area contributed by atoms with Gasteiger partial charge in [0.25, 0.3) is 0 Å². The molecule has 0 saturated carbocycles. The molecule has 0 aliphatic carbocycles. The molecule has 20 heavy (non-hydrogen) atoms. The highest BCUT2D eigenvalue weighted by atomic mass is 16.4. The number of hydrogen-bond donors (Lipinski definition) is 3. The summed E-state index contributed by atoms with van der Waals surface area (Å²) in [6, 6.07) is 13.9. The summed E-state index contributed by atoms with van der Waals surface area (Å²) in [4.78, 5) is 11.4. The molecule has 0 spiro atoms. The van der Waals surface area contributed by atoms with E-state index in [1.54, 1.807) is 44.2 Å². The minimum atomic E-state index is -0.986. The van der Waals surface area contributed by atoms with Crippen LogP contribution in [0.15, 0.2) is 48.5 Å². The largest absolute Gasteiger partial charge is 0.508 e. The Bertz CT molecular complexity index is 618. The number of carbonyl (C=O) groups is 1. The lowest BCUT2D eigenvalue weighted by atomic mass is 9.83. The fourth-order valence-electron chi connectivity index (χ4n) is 1.95. The summed E-state index contributed by atoms with van der Waals surface area (Å²) in [5.41, 5.74) is 1.25. The van der Waals surface area contributed by atoms with Crippen molar-refractivity contribution in [2.24, 2.45) is 0 Å². The first-order chi connectivity index (χ1) is 9.41. The highest BCUT2D eigenvalue weighted by Gasteiger charge is 2.31. The van der Waals surface area contributed by atoms with Gasteiger partial charge in [-0.05, 0) is 49.7 Å². The molecule has 4 nitrogen and oxygen atoms in total. The lowest BCUT2D eigenvalue weighted by Crippen LogP contribution is -2.29. The van der Waals surface area contributed by atoms with Gasteiger partial charge in [0.1, 0.15) is 5.75 Å². The second-order valence-corrected chi connectivity index (χ2v) is 5.15. The maximum absolute atomic E-state index is 11.4. The molecule has 0 aromatic heterocycles. The van der Waals surface area contributed by atoms with Crippen LogP contribution in [0.3, 0.4) is 0 Å². The summed E-state index contributed by atoms with van der Waals surface area (Å²) in [6.07, 6.45) is 0. The summed E-state index contributed by atoms with van der Waals surface area (Å²) in [5.74, 6) is -0.688. The molecular formula is C16H17NO3. The van der Waals surface area contributed by atoms with Crippen LogP contribution in [0.5, 0.6) is 5.75 Å². The van der Waals surface area contributed by atoms with Crippen molar-refractivity contribution in [2.75, 3.05) is 5.32 Å². The third-order valence-electron chi connectivity index (χ3n) is 3.28. The van der Waals surface area contributed by atoms with Crippen molar-refractivity contribution in [3.05, 3.63) is 54.1 Å². The number of aliphatic carboxylic acids is 1. The first kappa shape index (κ1) is 13.9. The van der Waals surface area contributed by atoms with E-state index in [2.05, 4.69) is 5.32 Å². The molecular weight excluding hydrogens is 254 g/mol. The van der Waals surface area contributed by atoms with E-state index in [9.17, 15) is 15.0 Å². The third-order valence-corrected chi connectivity index (χ3v) is 3.28. The molecule has 0 fully saturated rings. The van der Waals surface area contributed by atoms with Gasteiger partial charge in [0.15, 0.2) is 0 Å². The zero-order valence-electron chi connectivity index (χ0n) is 11.4. The highest BCUT2D eigenvalue weighted by Crippen LogP contribution is 2.32. The van der Waals surface area contributed by atoms with Gasteiger partial charge in [0.05, 0.1) is 5.41 Å². The number of phenols is 1. The highest BCUT2D eigenvalue weighted by molar-refractivity contribution is 5.83. The molecule has 0 amide bonds. The van der Waals surface area contributed by atoms with E-state index in [-0.39, 0.29) is 5.75 Å². The molecule has 2 aromatic rings. The van der Waals surface area contributed by atoms with Crippen LogP contribution >= 0.6 is 0 Å². The first-order valence-electron chi connectivity index (χ1n) is 6.30. The number of anilines is 2. The van der Waals surface area contributed by atoms with Gasteiger partial charge in [0.2, 0.25) is 0 Å². The molecule has 0 aliphatic heterocycles. The maximum Gasteiger partial charge on any atom is 0.313 e. The Morgan fingerprint density at radius 2 is 1.65 bits per heavy atom. The number of phenolic OH excluding ortho intramolecular Hbond substituents is 1. The van der Waals surface area contributed by atoms with Gasteiger partial charge < -0.3 is 15.5 Å². The van der Waals surface area contributed by atoms with E-state index in [4.69, 9.17) is 0 Å². The van der Waals surface area contributed by atoms with Crippen molar-refractivity contribution in [1.29, 1.82) is 0 Å². The minimum absolute atomic E-state index is 0.190. The van der Waals surface area contributed by atoms with E-state index >= 15 is 0 Å². The van der Waals surface area contributed by atoms with Crippen LogP contribution in [0.1, 0.15) is 19.4 Å². The smallest absolute Gasteiger partial charge is 0.313 e. The topological polar surface area (TPSA) is 69.6 Å². The Morgan fingerprint density at radius 3 is 2.25 bits per heavy atom. The summed E-state index contributed by atoms with van der Waals surface area (Å²) in [6.45, 7) is 3.35. The van der Waals surface area contributed by atoms with Crippen LogP contribution in [0.25, 0.3) is 0 Å². The molecule has 2 aromatic carbocycles.